The molecule has 2 N–H and O–H groups in total. The molecule has 1 fully saturated rings. The minimum absolute atomic E-state index is 0.0214. The fourth-order valence-electron chi connectivity index (χ4n) is 2.59. The van der Waals surface area contributed by atoms with E-state index in [0.717, 1.165) is 39.1 Å². The van der Waals surface area contributed by atoms with Crippen LogP contribution in [0.3, 0.4) is 0 Å². The first-order chi connectivity index (χ1) is 12.4. The molecule has 0 radical (unpaired) electrons. The number of morpholine rings is 1. The monoisotopic (exact) mass is 357 g/mol. The van der Waals surface area contributed by atoms with Gasteiger partial charge in [-0.1, -0.05) is 30.0 Å². The summed E-state index contributed by atoms with van der Waals surface area (Å²) in [5, 5.41) is 5.17. The zero-order valence-corrected chi connectivity index (χ0v) is 16.2. The molecule has 1 heterocycles. The molecule has 1 aliphatic rings. The fourth-order valence-corrected chi connectivity index (χ4v) is 2.59. The lowest BCUT2D eigenvalue weighted by atomic mass is 9.97. The van der Waals surface area contributed by atoms with E-state index < -0.39 is 0 Å². The average Bonchev–Trinajstić information content (AvgIpc) is 2.63. The molecule has 0 spiro atoms. The molecule has 1 aromatic carbocycles. The number of carbonyl (C=O) groups is 1. The molecule has 1 aromatic rings. The van der Waals surface area contributed by atoms with Gasteiger partial charge in [0.1, 0.15) is 0 Å². The van der Waals surface area contributed by atoms with Crippen LogP contribution in [0.25, 0.3) is 0 Å². The molecule has 2 rings (SSSR count). The molecule has 0 bridgehead atoms. The predicted octanol–water partition coefficient (Wildman–Crippen LogP) is 2.45. The van der Waals surface area contributed by atoms with E-state index in [1.54, 1.807) is 0 Å². The topological polar surface area (TPSA) is 53.6 Å². The van der Waals surface area contributed by atoms with E-state index in [1.807, 2.05) is 30.3 Å². The summed E-state index contributed by atoms with van der Waals surface area (Å²) in [5.41, 5.74) is 4.19. The van der Waals surface area contributed by atoms with Crippen LogP contribution in [0.4, 0.5) is 0 Å². The van der Waals surface area contributed by atoms with Crippen LogP contribution in [-0.4, -0.2) is 49.8 Å². The summed E-state index contributed by atoms with van der Waals surface area (Å²) < 4.78 is 5.40. The van der Waals surface area contributed by atoms with Crippen LogP contribution >= 0.6 is 0 Å². The quantitative estimate of drug-likeness (QED) is 0.581. The van der Waals surface area contributed by atoms with Gasteiger partial charge in [0.2, 0.25) is 0 Å². The van der Waals surface area contributed by atoms with Crippen LogP contribution in [0.2, 0.25) is 0 Å². The molecule has 0 aromatic heterocycles. The van der Waals surface area contributed by atoms with Crippen LogP contribution in [0.5, 0.6) is 0 Å². The van der Waals surface area contributed by atoms with Gasteiger partial charge in [-0.3, -0.25) is 4.79 Å². The molecule has 26 heavy (non-hydrogen) atoms. The zero-order valence-electron chi connectivity index (χ0n) is 16.2. The third-order valence-corrected chi connectivity index (χ3v) is 3.96. The van der Waals surface area contributed by atoms with E-state index in [2.05, 4.69) is 48.4 Å². The molecular formula is C21H31N3O2. The Bertz CT molecular complexity index is 608. The van der Waals surface area contributed by atoms with Gasteiger partial charge in [-0.2, -0.15) is 0 Å². The second kappa shape index (κ2) is 10.3. The lowest BCUT2D eigenvalue weighted by molar-refractivity contribution is 0.00719. The van der Waals surface area contributed by atoms with Crippen molar-refractivity contribution >= 4 is 5.91 Å². The van der Waals surface area contributed by atoms with Crippen molar-refractivity contribution in [2.45, 2.75) is 39.7 Å². The summed E-state index contributed by atoms with van der Waals surface area (Å²) in [7, 11) is 0. The van der Waals surface area contributed by atoms with Crippen molar-refractivity contribution in [3.8, 4) is 11.8 Å². The Kier molecular flexibility index (Phi) is 8.11. The summed E-state index contributed by atoms with van der Waals surface area (Å²) in [6.07, 6.45) is 1.76. The summed E-state index contributed by atoms with van der Waals surface area (Å²) in [4.78, 5) is 12.1. The van der Waals surface area contributed by atoms with E-state index >= 15 is 0 Å². The summed E-state index contributed by atoms with van der Waals surface area (Å²) in [6, 6.07) is 9.39. The first-order valence-electron chi connectivity index (χ1n) is 9.39. The normalized spacial score (nSPS) is 16.4. The highest BCUT2D eigenvalue weighted by Crippen LogP contribution is 2.11. The number of nitrogens with one attached hydrogen (secondary N) is 2. The van der Waals surface area contributed by atoms with Gasteiger partial charge in [-0.25, -0.2) is 10.4 Å². The Balaban J connectivity index is 1.81. The van der Waals surface area contributed by atoms with Crippen LogP contribution < -0.4 is 10.7 Å². The highest BCUT2D eigenvalue weighted by Gasteiger charge is 2.15. The Morgan fingerprint density at radius 3 is 2.58 bits per heavy atom. The third kappa shape index (κ3) is 8.01. The zero-order chi connectivity index (χ0) is 18.8. The van der Waals surface area contributed by atoms with E-state index in [0.29, 0.717) is 12.1 Å². The highest BCUT2D eigenvalue weighted by atomic mass is 16.5. The standard InChI is InChI=1S/C21H31N3O2/c1-21(2,3)12-11-19(23-24-14-16-26-17-15-24)10-7-13-22-20(25)18-8-5-4-6-9-18/h4-6,8-9,19,23H,7,10,13-17H2,1-3H3,(H,22,25). The molecule has 0 saturated carbocycles. The molecule has 1 aliphatic heterocycles. The summed E-state index contributed by atoms with van der Waals surface area (Å²) >= 11 is 0. The Morgan fingerprint density at radius 1 is 1.23 bits per heavy atom. The van der Waals surface area contributed by atoms with Gasteiger partial charge in [-0.05, 0) is 45.7 Å². The molecule has 5 nitrogen and oxygen atoms in total. The van der Waals surface area contributed by atoms with E-state index in [-0.39, 0.29) is 17.4 Å². The molecule has 1 amide bonds. The first kappa shape index (κ1) is 20.4. The Hall–Kier alpha value is -1.87. The second-order valence-electron chi connectivity index (χ2n) is 7.56. The van der Waals surface area contributed by atoms with Crippen molar-refractivity contribution < 1.29 is 9.53 Å². The number of amides is 1. The van der Waals surface area contributed by atoms with Crippen LogP contribution in [-0.2, 0) is 4.74 Å². The number of hydrazine groups is 1. The second-order valence-corrected chi connectivity index (χ2v) is 7.56. The van der Waals surface area contributed by atoms with Crippen molar-refractivity contribution in [1.29, 1.82) is 0 Å². The third-order valence-electron chi connectivity index (χ3n) is 3.96. The molecule has 1 saturated heterocycles. The summed E-state index contributed by atoms with van der Waals surface area (Å²) in [5.74, 6) is 6.68. The molecule has 5 heteroatoms. The maximum absolute atomic E-state index is 12.1. The Labute approximate surface area is 157 Å². The number of hydrogen-bond donors (Lipinski definition) is 2. The van der Waals surface area contributed by atoms with Gasteiger partial charge in [0.15, 0.2) is 0 Å². The molecule has 0 aliphatic carbocycles. The van der Waals surface area contributed by atoms with Crippen molar-refractivity contribution in [2.75, 3.05) is 32.8 Å². The van der Waals surface area contributed by atoms with Gasteiger partial charge in [0.05, 0.1) is 19.3 Å². The van der Waals surface area contributed by atoms with Crippen molar-refractivity contribution in [3.05, 3.63) is 35.9 Å². The van der Waals surface area contributed by atoms with Crippen molar-refractivity contribution in [3.63, 3.8) is 0 Å². The maximum atomic E-state index is 12.1. The Morgan fingerprint density at radius 2 is 1.92 bits per heavy atom. The molecule has 1 atom stereocenters. The van der Waals surface area contributed by atoms with Gasteiger partial charge in [-0.15, -0.1) is 0 Å². The van der Waals surface area contributed by atoms with Gasteiger partial charge in [0.25, 0.3) is 5.91 Å². The number of carbonyl (C=O) groups excluding carboxylic acids is 1. The van der Waals surface area contributed by atoms with Crippen LogP contribution in [0, 0.1) is 17.3 Å². The lowest BCUT2D eigenvalue weighted by Crippen LogP contribution is -2.50. The first-order valence-corrected chi connectivity index (χ1v) is 9.39. The van der Waals surface area contributed by atoms with Gasteiger partial charge >= 0.3 is 0 Å². The number of hydrogen-bond acceptors (Lipinski definition) is 4. The van der Waals surface area contributed by atoms with Gasteiger partial charge < -0.3 is 10.1 Å². The summed E-state index contributed by atoms with van der Waals surface area (Å²) in [6.45, 7) is 10.2. The van der Waals surface area contributed by atoms with Crippen molar-refractivity contribution in [2.24, 2.45) is 5.41 Å². The predicted molar refractivity (Wildman–Crippen MR) is 105 cm³/mol. The van der Waals surface area contributed by atoms with Crippen molar-refractivity contribution in [1.82, 2.24) is 15.8 Å². The highest BCUT2D eigenvalue weighted by molar-refractivity contribution is 5.94. The maximum Gasteiger partial charge on any atom is 0.251 e. The largest absolute Gasteiger partial charge is 0.379 e. The number of rotatable bonds is 7. The lowest BCUT2D eigenvalue weighted by Gasteiger charge is -2.30. The van der Waals surface area contributed by atoms with E-state index in [4.69, 9.17) is 4.74 Å². The molecular weight excluding hydrogens is 326 g/mol. The average molecular weight is 357 g/mol. The smallest absolute Gasteiger partial charge is 0.251 e. The molecule has 142 valence electrons. The minimum Gasteiger partial charge on any atom is -0.379 e. The molecule has 1 unspecified atom stereocenters. The van der Waals surface area contributed by atoms with Crippen LogP contribution in [0.15, 0.2) is 30.3 Å². The number of ether oxygens (including phenoxy) is 1. The number of nitrogens with zero attached hydrogens (tertiary/aromatic N) is 1. The van der Waals surface area contributed by atoms with E-state index in [1.165, 1.54) is 0 Å². The van der Waals surface area contributed by atoms with Crippen LogP contribution in [0.1, 0.15) is 44.0 Å². The minimum atomic E-state index is -0.0240. The van der Waals surface area contributed by atoms with Gasteiger partial charge in [0, 0.05) is 30.6 Å². The number of benzene rings is 1. The van der Waals surface area contributed by atoms with E-state index in [9.17, 15) is 4.79 Å². The SMILES string of the molecule is CC(C)(C)C#CC(CCCNC(=O)c1ccccc1)NN1CCOCC1. The fraction of sp³-hybridized carbons (Fsp3) is 0.571.